The van der Waals surface area contributed by atoms with Crippen molar-refractivity contribution in [2.75, 3.05) is 0 Å². The van der Waals surface area contributed by atoms with E-state index in [-0.39, 0.29) is 17.7 Å². The third-order valence-electron chi connectivity index (χ3n) is 3.13. The molecule has 0 saturated heterocycles. The minimum absolute atomic E-state index is 0.0116. The number of hydrogen-bond acceptors (Lipinski definition) is 3. The number of rotatable bonds is 8. The Kier molecular flexibility index (Phi) is 8.19. The van der Waals surface area contributed by atoms with Crippen molar-refractivity contribution in [1.82, 2.24) is 0 Å². The van der Waals surface area contributed by atoms with Crippen LogP contribution in [0.3, 0.4) is 0 Å². The summed E-state index contributed by atoms with van der Waals surface area (Å²) in [6.45, 7) is 8.52. The van der Waals surface area contributed by atoms with Gasteiger partial charge in [0.05, 0.1) is 6.07 Å². The Morgan fingerprint density at radius 2 is 1.78 bits per heavy atom. The minimum Gasteiger partial charge on any atom is -0.409 e. The maximum Gasteiger partial charge on any atom is 0.142 e. The van der Waals surface area contributed by atoms with E-state index in [0.717, 1.165) is 19.3 Å². The van der Waals surface area contributed by atoms with Crippen molar-refractivity contribution in [1.29, 1.82) is 5.26 Å². The molecule has 0 amide bonds. The van der Waals surface area contributed by atoms with Crippen LogP contribution in [-0.4, -0.2) is 11.0 Å². The maximum absolute atomic E-state index is 9.16. The largest absolute Gasteiger partial charge is 0.409 e. The molecule has 0 aromatic rings. The summed E-state index contributed by atoms with van der Waals surface area (Å²) in [7, 11) is 0. The molecule has 0 aliphatic carbocycles. The predicted octanol–water partition coefficient (Wildman–Crippen LogP) is 3.36. The molecule has 0 spiro atoms. The third kappa shape index (κ3) is 7.16. The Bertz CT molecular complexity index is 292. The lowest BCUT2D eigenvalue weighted by Gasteiger charge is -2.20. The summed E-state index contributed by atoms with van der Waals surface area (Å²) in [4.78, 5) is 0. The van der Waals surface area contributed by atoms with Crippen molar-refractivity contribution in [2.24, 2.45) is 34.6 Å². The first-order valence-corrected chi connectivity index (χ1v) is 6.77. The molecule has 0 saturated carbocycles. The van der Waals surface area contributed by atoms with Crippen LogP contribution in [0.15, 0.2) is 5.16 Å². The van der Waals surface area contributed by atoms with E-state index in [9.17, 15) is 0 Å². The fourth-order valence-electron chi connectivity index (χ4n) is 2.12. The fraction of sp³-hybridized carbons (Fsp3) is 0.857. The van der Waals surface area contributed by atoms with Gasteiger partial charge in [-0.3, -0.25) is 0 Å². The van der Waals surface area contributed by atoms with Crippen LogP contribution in [0.1, 0.15) is 53.4 Å². The zero-order valence-corrected chi connectivity index (χ0v) is 12.1. The molecule has 0 bridgehead atoms. The molecule has 2 atom stereocenters. The van der Waals surface area contributed by atoms with Gasteiger partial charge in [0.2, 0.25) is 0 Å². The van der Waals surface area contributed by atoms with Crippen LogP contribution < -0.4 is 5.73 Å². The molecular weight excluding hydrogens is 226 g/mol. The highest BCUT2D eigenvalue weighted by atomic mass is 16.4. The summed E-state index contributed by atoms with van der Waals surface area (Å²) in [5.41, 5.74) is 5.73. The second kappa shape index (κ2) is 8.79. The summed E-state index contributed by atoms with van der Waals surface area (Å²) in [6.07, 6.45) is 3.47. The fourth-order valence-corrected chi connectivity index (χ4v) is 2.12. The summed E-state index contributed by atoms with van der Waals surface area (Å²) in [6, 6.07) is 2.34. The smallest absolute Gasteiger partial charge is 0.142 e. The van der Waals surface area contributed by atoms with Crippen LogP contribution in [0.25, 0.3) is 0 Å². The average Bonchev–Trinajstić information content (AvgIpc) is 2.31. The zero-order valence-electron chi connectivity index (χ0n) is 12.1. The number of nitrogens with zero attached hydrogens (tertiary/aromatic N) is 2. The van der Waals surface area contributed by atoms with Crippen molar-refractivity contribution in [3.05, 3.63) is 0 Å². The third-order valence-corrected chi connectivity index (χ3v) is 3.13. The number of oxime groups is 1. The molecule has 4 heteroatoms. The van der Waals surface area contributed by atoms with Gasteiger partial charge in [0.15, 0.2) is 0 Å². The summed E-state index contributed by atoms with van der Waals surface area (Å²) < 4.78 is 0. The van der Waals surface area contributed by atoms with Gasteiger partial charge in [0.25, 0.3) is 0 Å². The number of amidine groups is 1. The van der Waals surface area contributed by atoms with E-state index in [1.807, 2.05) is 0 Å². The van der Waals surface area contributed by atoms with Gasteiger partial charge in [-0.05, 0) is 31.1 Å². The molecule has 0 aliphatic heterocycles. The van der Waals surface area contributed by atoms with E-state index in [4.69, 9.17) is 16.2 Å². The first-order chi connectivity index (χ1) is 8.40. The van der Waals surface area contributed by atoms with Gasteiger partial charge in [0, 0.05) is 11.8 Å². The molecule has 0 heterocycles. The Morgan fingerprint density at radius 3 is 2.17 bits per heavy atom. The quantitative estimate of drug-likeness (QED) is 0.301. The minimum atomic E-state index is -0.0116. The normalized spacial score (nSPS) is 15.7. The van der Waals surface area contributed by atoms with Crippen molar-refractivity contribution < 1.29 is 5.21 Å². The maximum atomic E-state index is 9.16. The Hall–Kier alpha value is -1.24. The van der Waals surface area contributed by atoms with Crippen LogP contribution in [0.4, 0.5) is 0 Å². The van der Waals surface area contributed by atoms with E-state index in [0.29, 0.717) is 18.3 Å². The lowest BCUT2D eigenvalue weighted by molar-refractivity contribution is 0.307. The van der Waals surface area contributed by atoms with Gasteiger partial charge in [-0.1, -0.05) is 39.3 Å². The molecule has 4 nitrogen and oxygen atoms in total. The van der Waals surface area contributed by atoms with E-state index in [1.54, 1.807) is 0 Å². The van der Waals surface area contributed by atoms with Crippen molar-refractivity contribution in [3.8, 4) is 6.07 Å². The first kappa shape index (κ1) is 16.8. The molecule has 104 valence electrons. The molecule has 2 unspecified atom stereocenters. The summed E-state index contributed by atoms with van der Waals surface area (Å²) in [5, 5.41) is 21.1. The van der Waals surface area contributed by atoms with Crippen LogP contribution in [-0.2, 0) is 0 Å². The molecule has 0 aromatic heterocycles. The Morgan fingerprint density at radius 1 is 1.17 bits per heavy atom. The van der Waals surface area contributed by atoms with Gasteiger partial charge in [0.1, 0.15) is 5.84 Å². The lowest BCUT2D eigenvalue weighted by atomic mass is 9.85. The van der Waals surface area contributed by atoms with E-state index in [1.165, 1.54) is 0 Å². The van der Waals surface area contributed by atoms with Gasteiger partial charge in [-0.25, -0.2) is 0 Å². The molecule has 0 radical (unpaired) electrons. The van der Waals surface area contributed by atoms with Gasteiger partial charge in [-0.15, -0.1) is 0 Å². The summed E-state index contributed by atoms with van der Waals surface area (Å²) in [5.74, 6) is 1.35. The number of hydrogen-bond donors (Lipinski definition) is 2. The molecular formula is C14H27N3O. The lowest BCUT2D eigenvalue weighted by Crippen LogP contribution is -2.26. The monoisotopic (exact) mass is 253 g/mol. The van der Waals surface area contributed by atoms with E-state index in [2.05, 4.69) is 38.9 Å². The van der Waals surface area contributed by atoms with Crippen molar-refractivity contribution in [3.63, 3.8) is 0 Å². The number of nitriles is 1. The van der Waals surface area contributed by atoms with Crippen LogP contribution in [0, 0.1) is 35.0 Å². The van der Waals surface area contributed by atoms with Crippen LogP contribution in [0.5, 0.6) is 0 Å². The molecule has 3 N–H and O–H groups in total. The highest BCUT2D eigenvalue weighted by molar-refractivity contribution is 5.82. The predicted molar refractivity (Wildman–Crippen MR) is 74.1 cm³/mol. The van der Waals surface area contributed by atoms with Crippen molar-refractivity contribution in [2.45, 2.75) is 53.4 Å². The standard InChI is InChI=1S/C14H27N3O/c1-10(2)5-6-13(14(16)17-18)8-12(9-15)7-11(3)4/h10-13,18H,5-8H2,1-4H3,(H2,16,17). The number of nitrogens with two attached hydrogens (primary N) is 1. The van der Waals surface area contributed by atoms with Gasteiger partial charge >= 0.3 is 0 Å². The molecule has 0 aliphatic rings. The van der Waals surface area contributed by atoms with Crippen LogP contribution in [0.2, 0.25) is 0 Å². The first-order valence-electron chi connectivity index (χ1n) is 6.77. The molecule has 18 heavy (non-hydrogen) atoms. The van der Waals surface area contributed by atoms with Crippen LogP contribution >= 0.6 is 0 Å². The molecule has 0 fully saturated rings. The van der Waals surface area contributed by atoms with E-state index >= 15 is 0 Å². The summed E-state index contributed by atoms with van der Waals surface area (Å²) >= 11 is 0. The topological polar surface area (TPSA) is 82.4 Å². The average molecular weight is 253 g/mol. The molecule has 0 aromatic carbocycles. The second-order valence-corrected chi connectivity index (χ2v) is 5.88. The zero-order chi connectivity index (χ0) is 14.1. The highest BCUT2D eigenvalue weighted by Crippen LogP contribution is 2.24. The second-order valence-electron chi connectivity index (χ2n) is 5.88. The Labute approximate surface area is 111 Å². The van der Waals surface area contributed by atoms with Crippen molar-refractivity contribution >= 4 is 5.84 Å². The highest BCUT2D eigenvalue weighted by Gasteiger charge is 2.21. The molecule has 0 rings (SSSR count). The SMILES string of the molecule is CC(C)CCC(CC(C#N)CC(C)C)/C(N)=N/O. The van der Waals surface area contributed by atoms with Gasteiger partial charge < -0.3 is 10.9 Å². The van der Waals surface area contributed by atoms with Gasteiger partial charge in [-0.2, -0.15) is 5.26 Å². The van der Waals surface area contributed by atoms with E-state index < -0.39 is 0 Å². The Balaban J connectivity index is 4.52.